The molecule has 0 spiro atoms. The van der Waals surface area contributed by atoms with Gasteiger partial charge in [0.15, 0.2) is 0 Å². The van der Waals surface area contributed by atoms with Crippen LogP contribution in [0.5, 0.6) is 0 Å². The number of rotatable bonds is 4. The fourth-order valence-corrected chi connectivity index (χ4v) is 4.49. The Labute approximate surface area is 114 Å². The molecule has 1 fully saturated rings. The Hall–Kier alpha value is -0.380. The van der Waals surface area contributed by atoms with Gasteiger partial charge in [0.05, 0.1) is 0 Å². The zero-order valence-electron chi connectivity index (χ0n) is 11.3. The molecule has 2 aliphatic rings. The molecule has 3 rings (SSSR count). The quantitative estimate of drug-likeness (QED) is 0.898. The molecular weight excluding hydrogens is 240 g/mol. The average molecular weight is 264 g/mol. The van der Waals surface area contributed by atoms with Gasteiger partial charge in [-0.1, -0.05) is 6.92 Å². The lowest BCUT2D eigenvalue weighted by molar-refractivity contribution is 0.173. The van der Waals surface area contributed by atoms with Gasteiger partial charge in [0.2, 0.25) is 0 Å². The van der Waals surface area contributed by atoms with Gasteiger partial charge in [-0.3, -0.25) is 4.90 Å². The van der Waals surface area contributed by atoms with Gasteiger partial charge in [-0.05, 0) is 62.2 Å². The van der Waals surface area contributed by atoms with Gasteiger partial charge in [-0.15, -0.1) is 11.3 Å². The molecule has 1 aromatic heterocycles. The number of hydrogen-bond acceptors (Lipinski definition) is 3. The second-order valence-electron chi connectivity index (χ2n) is 5.59. The molecule has 2 heterocycles. The van der Waals surface area contributed by atoms with Gasteiger partial charge in [0.1, 0.15) is 0 Å². The maximum absolute atomic E-state index is 3.64. The number of hydrogen-bond donors (Lipinski definition) is 1. The number of nitrogens with zero attached hydrogens (tertiary/aromatic N) is 1. The van der Waals surface area contributed by atoms with E-state index in [9.17, 15) is 0 Å². The molecule has 18 heavy (non-hydrogen) atoms. The highest BCUT2D eigenvalue weighted by Gasteiger charge is 2.28. The molecule has 0 saturated carbocycles. The van der Waals surface area contributed by atoms with Crippen LogP contribution >= 0.6 is 11.3 Å². The van der Waals surface area contributed by atoms with Crippen molar-refractivity contribution >= 4 is 11.3 Å². The molecule has 1 aliphatic heterocycles. The lowest BCUT2D eigenvalue weighted by Gasteiger charge is -2.35. The van der Waals surface area contributed by atoms with Crippen molar-refractivity contribution in [3.05, 3.63) is 21.9 Å². The Morgan fingerprint density at radius 2 is 2.33 bits per heavy atom. The minimum absolute atomic E-state index is 0.687. The zero-order chi connectivity index (χ0) is 12.4. The standard InChI is InChI=1S/C15H24N2S/c1-2-17(11-12-5-4-9-16-12)14-6-3-7-15-13(14)8-10-18-15/h8,10,12,14,16H,2-7,9,11H2,1H3. The second-order valence-corrected chi connectivity index (χ2v) is 6.59. The van der Waals surface area contributed by atoms with Crippen molar-refractivity contribution in [1.82, 2.24) is 10.2 Å². The molecular formula is C15H24N2S. The van der Waals surface area contributed by atoms with E-state index < -0.39 is 0 Å². The molecule has 1 N–H and O–H groups in total. The summed E-state index contributed by atoms with van der Waals surface area (Å²) in [7, 11) is 0. The van der Waals surface area contributed by atoms with Crippen molar-refractivity contribution in [1.29, 1.82) is 0 Å². The second kappa shape index (κ2) is 5.72. The first-order valence-corrected chi connectivity index (χ1v) is 8.30. The largest absolute Gasteiger partial charge is 0.313 e. The summed E-state index contributed by atoms with van der Waals surface area (Å²) in [4.78, 5) is 4.34. The predicted molar refractivity (Wildman–Crippen MR) is 78.3 cm³/mol. The minimum atomic E-state index is 0.687. The highest BCUT2D eigenvalue weighted by atomic mass is 32.1. The molecule has 3 heteroatoms. The Balaban J connectivity index is 1.72. The van der Waals surface area contributed by atoms with Crippen LogP contribution in [0.3, 0.4) is 0 Å². The molecule has 0 bridgehead atoms. The van der Waals surface area contributed by atoms with Gasteiger partial charge in [0, 0.05) is 23.5 Å². The Kier molecular flexibility index (Phi) is 4.02. The Morgan fingerprint density at radius 1 is 1.39 bits per heavy atom. The smallest absolute Gasteiger partial charge is 0.0359 e. The molecule has 1 aliphatic carbocycles. The Bertz CT molecular complexity index is 382. The van der Waals surface area contributed by atoms with Crippen LogP contribution in [0.15, 0.2) is 11.4 Å². The molecule has 1 saturated heterocycles. The van der Waals surface area contributed by atoms with Gasteiger partial charge in [-0.2, -0.15) is 0 Å². The molecule has 0 amide bonds. The highest BCUT2D eigenvalue weighted by Crippen LogP contribution is 2.37. The Morgan fingerprint density at radius 3 is 3.11 bits per heavy atom. The van der Waals surface area contributed by atoms with E-state index in [0.717, 1.165) is 6.04 Å². The summed E-state index contributed by atoms with van der Waals surface area (Å²) in [6.45, 7) is 5.95. The first-order chi connectivity index (χ1) is 8.88. The molecule has 2 unspecified atom stereocenters. The summed E-state index contributed by atoms with van der Waals surface area (Å²) in [5.41, 5.74) is 1.63. The summed E-state index contributed by atoms with van der Waals surface area (Å²) in [5, 5.41) is 5.92. The third-order valence-electron chi connectivity index (χ3n) is 4.48. The van der Waals surface area contributed by atoms with E-state index in [1.54, 1.807) is 10.4 Å². The first kappa shape index (κ1) is 12.6. The van der Waals surface area contributed by atoms with E-state index in [2.05, 4.69) is 28.6 Å². The molecule has 1 aromatic rings. The zero-order valence-corrected chi connectivity index (χ0v) is 12.1. The topological polar surface area (TPSA) is 15.3 Å². The van der Waals surface area contributed by atoms with E-state index >= 15 is 0 Å². The van der Waals surface area contributed by atoms with Crippen LogP contribution in [0.2, 0.25) is 0 Å². The predicted octanol–water partition coefficient (Wildman–Crippen LogP) is 3.20. The number of likely N-dealkylation sites (N-methyl/N-ethyl adjacent to an activating group) is 1. The number of thiophene rings is 1. The average Bonchev–Trinajstić information content (AvgIpc) is 3.06. The van der Waals surface area contributed by atoms with Crippen LogP contribution in [0.25, 0.3) is 0 Å². The highest BCUT2D eigenvalue weighted by molar-refractivity contribution is 7.10. The van der Waals surface area contributed by atoms with Crippen LogP contribution in [0, 0.1) is 0 Å². The van der Waals surface area contributed by atoms with Crippen molar-refractivity contribution in [3.63, 3.8) is 0 Å². The van der Waals surface area contributed by atoms with E-state index in [1.807, 2.05) is 11.3 Å². The van der Waals surface area contributed by atoms with E-state index in [4.69, 9.17) is 0 Å². The number of fused-ring (bicyclic) bond motifs is 1. The molecule has 2 atom stereocenters. The normalized spacial score (nSPS) is 27.7. The third kappa shape index (κ3) is 2.49. The van der Waals surface area contributed by atoms with Crippen LogP contribution in [-0.4, -0.2) is 30.6 Å². The van der Waals surface area contributed by atoms with Gasteiger partial charge in [0.25, 0.3) is 0 Å². The lowest BCUT2D eigenvalue weighted by atomic mass is 9.92. The van der Waals surface area contributed by atoms with Gasteiger partial charge < -0.3 is 5.32 Å². The summed E-state index contributed by atoms with van der Waals surface area (Å²) >= 11 is 1.96. The van der Waals surface area contributed by atoms with E-state index in [-0.39, 0.29) is 0 Å². The molecule has 2 nitrogen and oxygen atoms in total. The first-order valence-electron chi connectivity index (χ1n) is 7.42. The fourth-order valence-electron chi connectivity index (χ4n) is 3.51. The number of nitrogens with one attached hydrogen (secondary N) is 1. The van der Waals surface area contributed by atoms with Crippen molar-refractivity contribution < 1.29 is 0 Å². The molecule has 100 valence electrons. The molecule has 0 radical (unpaired) electrons. The SMILES string of the molecule is CCN(CC1CCCN1)C1CCCc2sccc21. The summed E-state index contributed by atoms with van der Waals surface area (Å²) in [6.07, 6.45) is 6.75. The summed E-state index contributed by atoms with van der Waals surface area (Å²) < 4.78 is 0. The number of aryl methyl sites for hydroxylation is 1. The lowest BCUT2D eigenvalue weighted by Crippen LogP contribution is -2.40. The van der Waals surface area contributed by atoms with Crippen molar-refractivity contribution in [3.8, 4) is 0 Å². The van der Waals surface area contributed by atoms with Gasteiger partial charge >= 0.3 is 0 Å². The molecule has 0 aromatic carbocycles. The minimum Gasteiger partial charge on any atom is -0.313 e. The fraction of sp³-hybridized carbons (Fsp3) is 0.733. The van der Waals surface area contributed by atoms with Gasteiger partial charge in [-0.25, -0.2) is 0 Å². The monoisotopic (exact) mass is 264 g/mol. The van der Waals surface area contributed by atoms with E-state index in [0.29, 0.717) is 6.04 Å². The van der Waals surface area contributed by atoms with Crippen molar-refractivity contribution in [2.45, 2.75) is 51.1 Å². The maximum atomic E-state index is 3.64. The summed E-state index contributed by atoms with van der Waals surface area (Å²) in [6, 6.07) is 3.79. The maximum Gasteiger partial charge on any atom is 0.0359 e. The van der Waals surface area contributed by atoms with Crippen LogP contribution < -0.4 is 5.32 Å². The van der Waals surface area contributed by atoms with Crippen molar-refractivity contribution in [2.75, 3.05) is 19.6 Å². The van der Waals surface area contributed by atoms with Crippen molar-refractivity contribution in [2.24, 2.45) is 0 Å². The van der Waals surface area contributed by atoms with Crippen LogP contribution in [-0.2, 0) is 6.42 Å². The summed E-state index contributed by atoms with van der Waals surface area (Å²) in [5.74, 6) is 0. The van der Waals surface area contributed by atoms with Crippen LogP contribution in [0.1, 0.15) is 49.1 Å². The van der Waals surface area contributed by atoms with Crippen LogP contribution in [0.4, 0.5) is 0 Å². The third-order valence-corrected chi connectivity index (χ3v) is 5.48. The van der Waals surface area contributed by atoms with E-state index in [1.165, 1.54) is 51.7 Å².